The van der Waals surface area contributed by atoms with Crippen molar-refractivity contribution in [1.29, 1.82) is 0 Å². The molecule has 2 aromatic carbocycles. The van der Waals surface area contributed by atoms with Crippen molar-refractivity contribution >= 4 is 27.7 Å². The summed E-state index contributed by atoms with van der Waals surface area (Å²) in [6.07, 6.45) is -0.0198. The zero-order valence-electron chi connectivity index (χ0n) is 19.6. The summed E-state index contributed by atoms with van der Waals surface area (Å²) >= 11 is 0.260. The minimum atomic E-state index is -1.96. The van der Waals surface area contributed by atoms with Gasteiger partial charge in [-0.3, -0.25) is 0 Å². The first-order valence-corrected chi connectivity index (χ1v) is 15.7. The second kappa shape index (κ2) is 10.6. The predicted molar refractivity (Wildman–Crippen MR) is 130 cm³/mol. The number of hydrogen-bond acceptors (Lipinski definition) is 4. The average Bonchev–Trinajstić information content (AvgIpc) is 2.74. The molecule has 1 saturated heterocycles. The molecule has 0 unspecified atom stereocenters. The van der Waals surface area contributed by atoms with Crippen molar-refractivity contribution in [3.8, 4) is 5.75 Å². The Kier molecular flexibility index (Phi) is 8.42. The van der Waals surface area contributed by atoms with Gasteiger partial charge >= 0.3 is 195 Å². The molecule has 2 aromatic rings. The van der Waals surface area contributed by atoms with E-state index < -0.39 is 8.32 Å². The predicted octanol–water partition coefficient (Wildman–Crippen LogP) is 4.82. The Morgan fingerprint density at radius 2 is 1.68 bits per heavy atom. The summed E-state index contributed by atoms with van der Waals surface area (Å²) in [6, 6.07) is 18.8. The molecule has 6 heteroatoms. The van der Waals surface area contributed by atoms with Crippen LogP contribution in [0.25, 0.3) is 0 Å². The molecule has 0 bridgehead atoms. The summed E-state index contributed by atoms with van der Waals surface area (Å²) in [4.78, 5) is 0.332. The van der Waals surface area contributed by atoms with E-state index in [0.29, 0.717) is 18.0 Å². The zero-order valence-corrected chi connectivity index (χ0v) is 22.3. The van der Waals surface area contributed by atoms with Gasteiger partial charge in [-0.15, -0.1) is 0 Å². The first kappa shape index (κ1) is 24.5. The van der Waals surface area contributed by atoms with Crippen molar-refractivity contribution in [1.82, 2.24) is 0 Å². The van der Waals surface area contributed by atoms with Gasteiger partial charge in [0.2, 0.25) is 0 Å². The fourth-order valence-electron chi connectivity index (χ4n) is 3.24. The van der Waals surface area contributed by atoms with Crippen LogP contribution >= 0.6 is 0 Å². The molecule has 31 heavy (non-hydrogen) atoms. The summed E-state index contributed by atoms with van der Waals surface area (Å²) in [5.41, 5.74) is 1.13. The van der Waals surface area contributed by atoms with Gasteiger partial charge in [-0.25, -0.2) is 0 Å². The molecular weight excluding hydrogens is 471 g/mol. The Morgan fingerprint density at radius 1 is 1.00 bits per heavy atom. The van der Waals surface area contributed by atoms with Crippen molar-refractivity contribution in [3.05, 3.63) is 60.2 Å². The normalized spacial score (nSPS) is 22.3. The molecule has 3 atom stereocenters. The van der Waals surface area contributed by atoms with Gasteiger partial charge in [0, 0.05) is 0 Å². The van der Waals surface area contributed by atoms with Crippen LogP contribution in [0.1, 0.15) is 26.3 Å². The number of methoxy groups -OCH3 is 1. The fraction of sp³-hybridized carbons (Fsp3) is 0.520. The second-order valence-corrected chi connectivity index (χ2v) is 17.1. The van der Waals surface area contributed by atoms with E-state index in [2.05, 4.69) is 76.3 Å². The Bertz CT molecular complexity index is 805. The monoisotopic (exact) mass is 508 g/mol. The van der Waals surface area contributed by atoms with Gasteiger partial charge in [-0.2, -0.15) is 0 Å². The van der Waals surface area contributed by atoms with Crippen molar-refractivity contribution in [2.24, 2.45) is 0 Å². The van der Waals surface area contributed by atoms with E-state index in [4.69, 9.17) is 18.6 Å². The fourth-order valence-corrected chi connectivity index (χ4v) is 7.31. The molecule has 170 valence electrons. The van der Waals surface area contributed by atoms with Crippen LogP contribution in [-0.4, -0.2) is 55.8 Å². The van der Waals surface area contributed by atoms with E-state index in [1.165, 1.54) is 4.46 Å². The van der Waals surface area contributed by atoms with Crippen LogP contribution in [0.3, 0.4) is 0 Å². The summed E-state index contributed by atoms with van der Waals surface area (Å²) in [6.45, 7) is 13.4. The van der Waals surface area contributed by atoms with Gasteiger partial charge in [-0.1, -0.05) is 0 Å². The molecule has 0 aromatic heterocycles. The van der Waals surface area contributed by atoms with E-state index in [1.54, 1.807) is 7.11 Å². The van der Waals surface area contributed by atoms with E-state index in [-0.39, 0.29) is 32.2 Å². The van der Waals surface area contributed by atoms with Gasteiger partial charge in [0.1, 0.15) is 0 Å². The minimum absolute atomic E-state index is 0.0492. The second-order valence-electron chi connectivity index (χ2n) is 9.55. The maximum absolute atomic E-state index is 7.00. The van der Waals surface area contributed by atoms with E-state index in [1.807, 2.05) is 12.1 Å². The number of hydrogen-bond donors (Lipinski definition) is 0. The first-order valence-electron chi connectivity index (χ1n) is 10.9. The van der Waals surface area contributed by atoms with Crippen LogP contribution < -0.4 is 9.20 Å². The molecule has 1 fully saturated rings. The molecular formula is C25H36O4SeSi. The van der Waals surface area contributed by atoms with Crippen LogP contribution in [0.4, 0.5) is 0 Å². The molecule has 0 N–H and O–H groups in total. The van der Waals surface area contributed by atoms with Gasteiger partial charge in [-0.05, 0) is 0 Å². The molecule has 1 heterocycles. The van der Waals surface area contributed by atoms with Crippen LogP contribution in [0.2, 0.25) is 22.9 Å². The summed E-state index contributed by atoms with van der Waals surface area (Å²) in [5, 5.41) is 0.149. The molecule has 0 spiro atoms. The summed E-state index contributed by atoms with van der Waals surface area (Å²) in [5.74, 6) is 0.856. The number of ether oxygens (including phenoxy) is 3. The molecule has 0 aliphatic carbocycles. The topological polar surface area (TPSA) is 36.9 Å². The van der Waals surface area contributed by atoms with Crippen molar-refractivity contribution in [2.75, 3.05) is 20.3 Å². The van der Waals surface area contributed by atoms with E-state index >= 15 is 0 Å². The number of benzene rings is 2. The van der Waals surface area contributed by atoms with Crippen LogP contribution in [0.15, 0.2) is 54.6 Å². The van der Waals surface area contributed by atoms with Crippen LogP contribution in [-0.2, 0) is 20.5 Å². The molecule has 3 rings (SSSR count). The third kappa shape index (κ3) is 6.67. The molecule has 0 radical (unpaired) electrons. The van der Waals surface area contributed by atoms with E-state index in [0.717, 1.165) is 17.9 Å². The van der Waals surface area contributed by atoms with Gasteiger partial charge in [0.05, 0.1) is 0 Å². The Morgan fingerprint density at radius 3 is 2.29 bits per heavy atom. The SMILES string of the molecule is COc1ccc(CO[C@@H]2COC[C@@H]([Se]c3ccccc3)[C@H]2O[Si](C)(C)C(C)(C)C)cc1. The molecule has 1 aliphatic rings. The molecule has 4 nitrogen and oxygen atoms in total. The zero-order chi connectivity index (χ0) is 22.5. The Hall–Kier alpha value is -1.14. The van der Waals surface area contributed by atoms with Crippen LogP contribution in [0.5, 0.6) is 5.75 Å². The Labute approximate surface area is 194 Å². The molecule has 0 amide bonds. The van der Waals surface area contributed by atoms with Crippen molar-refractivity contribution < 1.29 is 18.6 Å². The number of rotatable bonds is 8. The van der Waals surface area contributed by atoms with Crippen molar-refractivity contribution in [3.63, 3.8) is 0 Å². The van der Waals surface area contributed by atoms with Crippen molar-refractivity contribution in [2.45, 2.75) is 62.5 Å². The van der Waals surface area contributed by atoms with Gasteiger partial charge in [0.15, 0.2) is 0 Å². The van der Waals surface area contributed by atoms with Gasteiger partial charge in [0.25, 0.3) is 0 Å². The molecule has 0 saturated carbocycles. The first-order chi connectivity index (χ1) is 14.7. The van der Waals surface area contributed by atoms with Crippen LogP contribution in [0, 0.1) is 0 Å². The third-order valence-corrected chi connectivity index (χ3v) is 13.3. The standard InChI is InChI=1S/C25H36O4SeSi/c1-25(2,3)31(5,6)29-24-22(28-16-19-12-14-20(26-4)15-13-19)17-27-18-23(24)30-21-10-8-7-9-11-21/h7-15,22-24H,16-18H2,1-6H3/t22-,23-,24+/m1/s1. The average molecular weight is 508 g/mol. The quantitative estimate of drug-likeness (QED) is 0.480. The van der Waals surface area contributed by atoms with Gasteiger partial charge < -0.3 is 0 Å². The summed E-state index contributed by atoms with van der Waals surface area (Å²) in [7, 11) is -0.273. The molecule has 1 aliphatic heterocycles. The van der Waals surface area contributed by atoms with E-state index in [9.17, 15) is 0 Å². The Balaban J connectivity index is 1.77. The third-order valence-electron chi connectivity index (χ3n) is 6.19. The summed E-state index contributed by atoms with van der Waals surface area (Å²) < 4.78 is 26.1. The maximum atomic E-state index is 7.00.